The lowest BCUT2D eigenvalue weighted by atomic mass is 9.93. The summed E-state index contributed by atoms with van der Waals surface area (Å²) in [5.74, 6) is 0. The van der Waals surface area contributed by atoms with Gasteiger partial charge in [0.15, 0.2) is 0 Å². The first kappa shape index (κ1) is 10.7. The molecule has 0 aliphatic carbocycles. The van der Waals surface area contributed by atoms with Gasteiger partial charge in [-0.05, 0) is 25.2 Å². The second-order valence-corrected chi connectivity index (χ2v) is 4.18. The molecule has 0 aromatic rings. The Labute approximate surface area is 70.1 Å². The van der Waals surface area contributed by atoms with Crippen molar-refractivity contribution in [1.82, 2.24) is 0 Å². The predicted octanol–water partition coefficient (Wildman–Crippen LogP) is 2.75. The van der Waals surface area contributed by atoms with Gasteiger partial charge in [-0.1, -0.05) is 32.4 Å². The second kappa shape index (κ2) is 4.55. The molecule has 0 fully saturated rings. The summed E-state index contributed by atoms with van der Waals surface area (Å²) >= 11 is 0. The molecule has 0 unspecified atom stereocenters. The highest BCUT2D eigenvalue weighted by molar-refractivity contribution is 5.03. The molecule has 0 saturated heterocycles. The second-order valence-electron chi connectivity index (χ2n) is 4.18. The summed E-state index contributed by atoms with van der Waals surface area (Å²) in [5.41, 5.74) is 1.66. The molecule has 0 amide bonds. The topological polar surface area (TPSA) is 20.2 Å². The zero-order valence-corrected chi connectivity index (χ0v) is 8.15. The highest BCUT2D eigenvalue weighted by Crippen LogP contribution is 2.19. The largest absolute Gasteiger partial charge is 0.396 e. The Morgan fingerprint density at radius 1 is 1.36 bits per heavy atom. The Morgan fingerprint density at radius 3 is 2.27 bits per heavy atom. The minimum absolute atomic E-state index is 0.277. The Bertz CT molecular complexity index is 128. The number of rotatable bonds is 3. The van der Waals surface area contributed by atoms with Gasteiger partial charge in [-0.25, -0.2) is 0 Å². The summed E-state index contributed by atoms with van der Waals surface area (Å²) in [4.78, 5) is 0. The van der Waals surface area contributed by atoms with Crippen LogP contribution in [-0.2, 0) is 0 Å². The molecule has 0 rings (SSSR count). The van der Waals surface area contributed by atoms with Crippen molar-refractivity contribution >= 4 is 0 Å². The van der Waals surface area contributed by atoms with Gasteiger partial charge in [0, 0.05) is 6.61 Å². The van der Waals surface area contributed by atoms with Crippen LogP contribution in [0.2, 0.25) is 0 Å². The van der Waals surface area contributed by atoms with Crippen molar-refractivity contribution in [3.8, 4) is 0 Å². The zero-order valence-electron chi connectivity index (χ0n) is 8.15. The molecule has 0 radical (unpaired) electrons. The molecule has 0 bridgehead atoms. The summed E-state index contributed by atoms with van der Waals surface area (Å²) in [6.07, 6.45) is 4.18. The van der Waals surface area contributed by atoms with Crippen LogP contribution in [0.1, 0.15) is 40.5 Å². The maximum Gasteiger partial charge on any atom is 0.0434 e. The molecule has 0 aliphatic rings. The number of hydrogen-bond donors (Lipinski definition) is 1. The average Bonchev–Trinajstić information content (AvgIpc) is 1.79. The Hall–Kier alpha value is -0.300. The van der Waals surface area contributed by atoms with Gasteiger partial charge in [0.05, 0.1) is 0 Å². The molecule has 66 valence electrons. The van der Waals surface area contributed by atoms with Crippen molar-refractivity contribution in [3.63, 3.8) is 0 Å². The van der Waals surface area contributed by atoms with Crippen LogP contribution in [0.5, 0.6) is 0 Å². The molecule has 0 aromatic heterocycles. The van der Waals surface area contributed by atoms with Crippen LogP contribution in [0.3, 0.4) is 0 Å². The molecule has 0 saturated carbocycles. The lowest BCUT2D eigenvalue weighted by Gasteiger charge is -2.13. The third-order valence-corrected chi connectivity index (χ3v) is 1.41. The van der Waals surface area contributed by atoms with Crippen molar-refractivity contribution in [3.05, 3.63) is 11.6 Å². The van der Waals surface area contributed by atoms with Crippen LogP contribution >= 0.6 is 0 Å². The third kappa shape index (κ3) is 7.60. The van der Waals surface area contributed by atoms with Gasteiger partial charge in [-0.2, -0.15) is 0 Å². The first-order valence-corrected chi connectivity index (χ1v) is 4.25. The van der Waals surface area contributed by atoms with Crippen LogP contribution in [0.15, 0.2) is 11.6 Å². The third-order valence-electron chi connectivity index (χ3n) is 1.41. The van der Waals surface area contributed by atoms with Gasteiger partial charge < -0.3 is 5.11 Å². The van der Waals surface area contributed by atoms with E-state index in [-0.39, 0.29) is 5.41 Å². The van der Waals surface area contributed by atoms with E-state index in [9.17, 15) is 0 Å². The number of aliphatic hydroxyl groups is 1. The van der Waals surface area contributed by atoms with Crippen LogP contribution in [0.25, 0.3) is 0 Å². The van der Waals surface area contributed by atoms with E-state index in [1.807, 2.05) is 0 Å². The van der Waals surface area contributed by atoms with Crippen LogP contribution in [-0.4, -0.2) is 11.7 Å². The molecule has 0 aliphatic heterocycles. The lowest BCUT2D eigenvalue weighted by Crippen LogP contribution is -2.00. The van der Waals surface area contributed by atoms with Crippen LogP contribution in [0.4, 0.5) is 0 Å². The smallest absolute Gasteiger partial charge is 0.0434 e. The van der Waals surface area contributed by atoms with E-state index in [2.05, 4.69) is 33.8 Å². The molecule has 11 heavy (non-hydrogen) atoms. The molecule has 0 spiro atoms. The van der Waals surface area contributed by atoms with Gasteiger partial charge in [0.2, 0.25) is 0 Å². The highest BCUT2D eigenvalue weighted by atomic mass is 16.2. The van der Waals surface area contributed by atoms with E-state index in [1.54, 1.807) is 0 Å². The Morgan fingerprint density at radius 2 is 1.91 bits per heavy atom. The molecular weight excluding hydrogens is 136 g/mol. The average molecular weight is 156 g/mol. The minimum Gasteiger partial charge on any atom is -0.396 e. The SMILES string of the molecule is C/C(=C/C(C)(C)C)CCCO. The number of hydrogen-bond acceptors (Lipinski definition) is 1. The van der Waals surface area contributed by atoms with Crippen molar-refractivity contribution in [1.29, 1.82) is 0 Å². The molecule has 1 heteroatoms. The fourth-order valence-electron chi connectivity index (χ4n) is 1.17. The van der Waals surface area contributed by atoms with E-state index in [0.29, 0.717) is 6.61 Å². The minimum atomic E-state index is 0.277. The fraction of sp³-hybridized carbons (Fsp3) is 0.800. The van der Waals surface area contributed by atoms with E-state index in [4.69, 9.17) is 5.11 Å². The van der Waals surface area contributed by atoms with Gasteiger partial charge in [0.1, 0.15) is 0 Å². The van der Waals surface area contributed by atoms with Crippen LogP contribution in [0, 0.1) is 5.41 Å². The summed E-state index contributed by atoms with van der Waals surface area (Å²) in [6.45, 7) is 9.00. The first-order chi connectivity index (χ1) is 4.95. The van der Waals surface area contributed by atoms with Crippen molar-refractivity contribution in [2.45, 2.75) is 40.5 Å². The van der Waals surface area contributed by atoms with Gasteiger partial charge in [-0.3, -0.25) is 0 Å². The summed E-state index contributed by atoms with van der Waals surface area (Å²) in [6, 6.07) is 0. The molecular formula is C10H20O. The van der Waals surface area contributed by atoms with E-state index in [0.717, 1.165) is 12.8 Å². The molecule has 0 atom stereocenters. The standard InChI is InChI=1S/C10H20O/c1-9(6-5-7-11)8-10(2,3)4/h8,11H,5-7H2,1-4H3/b9-8-. The Balaban J connectivity index is 3.81. The van der Waals surface area contributed by atoms with Crippen molar-refractivity contribution < 1.29 is 5.11 Å². The summed E-state index contributed by atoms with van der Waals surface area (Å²) in [7, 11) is 0. The number of allylic oxidation sites excluding steroid dienone is 2. The van der Waals surface area contributed by atoms with Crippen LogP contribution < -0.4 is 0 Å². The first-order valence-electron chi connectivity index (χ1n) is 4.25. The Kier molecular flexibility index (Phi) is 4.43. The quantitative estimate of drug-likeness (QED) is 0.623. The monoisotopic (exact) mass is 156 g/mol. The van der Waals surface area contributed by atoms with E-state index >= 15 is 0 Å². The van der Waals surface area contributed by atoms with Crippen molar-refractivity contribution in [2.24, 2.45) is 5.41 Å². The van der Waals surface area contributed by atoms with E-state index < -0.39 is 0 Å². The number of aliphatic hydroxyl groups excluding tert-OH is 1. The van der Waals surface area contributed by atoms with Gasteiger partial charge in [-0.15, -0.1) is 0 Å². The van der Waals surface area contributed by atoms with Gasteiger partial charge >= 0.3 is 0 Å². The highest BCUT2D eigenvalue weighted by Gasteiger charge is 2.05. The maximum absolute atomic E-state index is 8.59. The summed E-state index contributed by atoms with van der Waals surface area (Å²) < 4.78 is 0. The zero-order chi connectivity index (χ0) is 8.91. The molecule has 0 aromatic carbocycles. The van der Waals surface area contributed by atoms with E-state index in [1.165, 1.54) is 5.57 Å². The lowest BCUT2D eigenvalue weighted by molar-refractivity contribution is 0.288. The fourth-order valence-corrected chi connectivity index (χ4v) is 1.17. The molecule has 1 nitrogen and oxygen atoms in total. The summed E-state index contributed by atoms with van der Waals surface area (Å²) in [5, 5.41) is 8.59. The van der Waals surface area contributed by atoms with Gasteiger partial charge in [0.25, 0.3) is 0 Å². The normalized spacial score (nSPS) is 13.7. The molecule has 0 heterocycles. The molecule has 1 N–H and O–H groups in total. The predicted molar refractivity (Wildman–Crippen MR) is 49.5 cm³/mol. The van der Waals surface area contributed by atoms with Crippen molar-refractivity contribution in [2.75, 3.05) is 6.61 Å². The maximum atomic E-state index is 8.59.